The Balaban J connectivity index is 0.000000765. The molecule has 0 spiro atoms. The summed E-state index contributed by atoms with van der Waals surface area (Å²) in [5, 5.41) is 5.16. The van der Waals surface area contributed by atoms with Gasteiger partial charge in [-0.3, -0.25) is 0 Å². The van der Waals surface area contributed by atoms with Gasteiger partial charge in [-0.25, -0.2) is 0 Å². The van der Waals surface area contributed by atoms with Gasteiger partial charge in [0.15, 0.2) is 0 Å². The molecule has 3 heteroatoms. The number of halogens is 2. The monoisotopic (exact) mass is 577 g/mol. The van der Waals surface area contributed by atoms with Crippen LogP contribution in [0.4, 0.5) is 0 Å². The van der Waals surface area contributed by atoms with E-state index in [9.17, 15) is 0 Å². The summed E-state index contributed by atoms with van der Waals surface area (Å²) in [6.07, 6.45) is 2.34. The molecule has 6 aromatic rings. The van der Waals surface area contributed by atoms with Gasteiger partial charge >= 0.3 is 37.9 Å². The second kappa shape index (κ2) is 10.3. The first kappa shape index (κ1) is 23.7. The molecule has 0 N–H and O–H groups in total. The molecule has 0 aromatic heterocycles. The summed E-state index contributed by atoms with van der Waals surface area (Å²) in [7, 11) is 9.87. The van der Waals surface area contributed by atoms with Crippen molar-refractivity contribution in [3.63, 3.8) is 0 Å². The Labute approximate surface area is 230 Å². The Hall–Kier alpha value is -2.70. The van der Waals surface area contributed by atoms with Crippen molar-refractivity contribution in [2.24, 2.45) is 0 Å². The summed E-state index contributed by atoms with van der Waals surface area (Å²) < 4.78 is 0. The zero-order chi connectivity index (χ0) is 24.5. The molecule has 0 amide bonds. The van der Waals surface area contributed by atoms with Gasteiger partial charge in [-0.05, 0) is 78.2 Å². The third-order valence-electron chi connectivity index (χ3n) is 6.91. The van der Waals surface area contributed by atoms with Gasteiger partial charge in [0.2, 0.25) is 0 Å². The van der Waals surface area contributed by atoms with Crippen LogP contribution in [0.15, 0.2) is 121 Å². The summed E-state index contributed by atoms with van der Waals surface area (Å²) >= 11 is -0.826. The van der Waals surface area contributed by atoms with Crippen LogP contribution in [0.2, 0.25) is 0 Å². The molecular formula is C33H21Cl2Zr. The van der Waals surface area contributed by atoms with Crippen LogP contribution in [-0.2, 0) is 20.8 Å². The maximum atomic E-state index is 4.93. The van der Waals surface area contributed by atoms with Crippen molar-refractivity contribution in [3.8, 4) is 33.4 Å². The fraction of sp³-hybridized carbons (Fsp3) is 0. The van der Waals surface area contributed by atoms with Crippen LogP contribution in [0.3, 0.4) is 0 Å². The molecule has 1 radical (unpaired) electrons. The van der Waals surface area contributed by atoms with Crippen LogP contribution in [0.1, 0.15) is 11.1 Å². The molecule has 36 heavy (non-hydrogen) atoms. The topological polar surface area (TPSA) is 0 Å². The van der Waals surface area contributed by atoms with Gasteiger partial charge in [-0.15, -0.1) is 0 Å². The summed E-state index contributed by atoms with van der Waals surface area (Å²) in [6.45, 7) is 0. The number of fused-ring (bicyclic) bond motifs is 5. The molecule has 0 aliphatic heterocycles. The number of hydrogen-bond acceptors (Lipinski definition) is 0. The number of benzene rings is 6. The Morgan fingerprint density at radius 2 is 0.833 bits per heavy atom. The third kappa shape index (κ3) is 4.35. The first-order valence-corrected chi connectivity index (χ1v) is 18.2. The molecule has 0 saturated heterocycles. The summed E-state index contributed by atoms with van der Waals surface area (Å²) in [5.74, 6) is 0. The van der Waals surface area contributed by atoms with Crippen molar-refractivity contribution in [3.05, 3.63) is 139 Å². The van der Waals surface area contributed by atoms with Crippen LogP contribution in [0.5, 0.6) is 0 Å². The molecule has 0 nitrogen and oxygen atoms in total. The summed E-state index contributed by atoms with van der Waals surface area (Å²) in [5.41, 5.74) is 10.3. The van der Waals surface area contributed by atoms with Gasteiger partial charge in [0, 0.05) is 6.42 Å². The first-order valence-electron chi connectivity index (χ1n) is 11.8. The summed E-state index contributed by atoms with van der Waals surface area (Å²) in [4.78, 5) is 0. The SMILES string of the molecule is [CH]1c2cc(-c3cccc4ccccc34)ccc2-c2ccc(-c3cccc4ccccc34)cc21.[Cl][Zr][Cl]. The molecule has 0 bridgehead atoms. The van der Waals surface area contributed by atoms with Crippen molar-refractivity contribution in [1.82, 2.24) is 0 Å². The Bertz CT molecular complexity index is 1580. The van der Waals surface area contributed by atoms with Gasteiger partial charge in [0.05, 0.1) is 0 Å². The van der Waals surface area contributed by atoms with Crippen LogP contribution >= 0.6 is 17.0 Å². The minimum absolute atomic E-state index is 0.826. The number of rotatable bonds is 2. The molecule has 0 saturated carbocycles. The molecule has 0 fully saturated rings. The van der Waals surface area contributed by atoms with E-state index in [0.29, 0.717) is 0 Å². The predicted molar refractivity (Wildman–Crippen MR) is 152 cm³/mol. The standard InChI is InChI=1S/C33H21.2ClH.Zr/c1-3-11-28-22(7-1)9-5-13-30(28)24-15-17-32-26(19-24)21-27-20-25(16-18-33(27)32)31-14-6-10-23-8-2-4-12-29(23)31;;;/h1-21H;2*1H;/q;;;+2/p-2. The van der Waals surface area contributed by atoms with Gasteiger partial charge in [-0.2, -0.15) is 0 Å². The fourth-order valence-electron chi connectivity index (χ4n) is 5.31. The molecular weight excluding hydrogens is 558 g/mol. The Morgan fingerprint density at radius 1 is 0.417 bits per heavy atom. The zero-order valence-electron chi connectivity index (χ0n) is 19.4. The second-order valence-electron chi connectivity index (χ2n) is 8.87. The van der Waals surface area contributed by atoms with E-state index in [1.165, 1.54) is 66.1 Å². The quantitative estimate of drug-likeness (QED) is 0.191. The molecule has 171 valence electrons. The van der Waals surface area contributed by atoms with E-state index < -0.39 is 20.8 Å². The van der Waals surface area contributed by atoms with E-state index in [2.05, 4.69) is 128 Å². The number of hydrogen-bond donors (Lipinski definition) is 0. The van der Waals surface area contributed by atoms with Crippen molar-refractivity contribution in [2.75, 3.05) is 0 Å². The van der Waals surface area contributed by atoms with Gasteiger partial charge in [0.25, 0.3) is 0 Å². The molecule has 6 aromatic carbocycles. The molecule has 0 unspecified atom stereocenters. The second-order valence-corrected chi connectivity index (χ2v) is 12.6. The van der Waals surface area contributed by atoms with E-state index >= 15 is 0 Å². The minimum atomic E-state index is -0.826. The van der Waals surface area contributed by atoms with E-state index in [4.69, 9.17) is 17.0 Å². The Kier molecular flexibility index (Phi) is 6.81. The van der Waals surface area contributed by atoms with Crippen molar-refractivity contribution in [1.29, 1.82) is 0 Å². The first-order chi connectivity index (χ1) is 17.8. The van der Waals surface area contributed by atoms with Gasteiger partial charge in [-0.1, -0.05) is 109 Å². The van der Waals surface area contributed by atoms with Crippen molar-refractivity contribution >= 4 is 38.6 Å². The van der Waals surface area contributed by atoms with E-state index in [1.54, 1.807) is 0 Å². The van der Waals surface area contributed by atoms with Crippen LogP contribution in [0, 0.1) is 6.42 Å². The average molecular weight is 580 g/mol. The normalized spacial score (nSPS) is 11.5. The van der Waals surface area contributed by atoms with Crippen LogP contribution < -0.4 is 0 Å². The molecule has 0 atom stereocenters. The third-order valence-corrected chi connectivity index (χ3v) is 6.91. The Morgan fingerprint density at radius 3 is 1.31 bits per heavy atom. The molecule has 7 rings (SSSR count). The molecule has 1 aliphatic rings. The van der Waals surface area contributed by atoms with E-state index in [-0.39, 0.29) is 0 Å². The summed E-state index contributed by atoms with van der Waals surface area (Å²) in [6, 6.07) is 44.2. The molecule has 1 aliphatic carbocycles. The maximum absolute atomic E-state index is 4.93. The van der Waals surface area contributed by atoms with Crippen molar-refractivity contribution in [2.45, 2.75) is 0 Å². The van der Waals surface area contributed by atoms with Gasteiger partial charge in [0.1, 0.15) is 0 Å². The van der Waals surface area contributed by atoms with E-state index in [1.807, 2.05) is 0 Å². The predicted octanol–water partition coefficient (Wildman–Crippen LogP) is 10.3. The van der Waals surface area contributed by atoms with Crippen molar-refractivity contribution < 1.29 is 20.8 Å². The van der Waals surface area contributed by atoms with E-state index in [0.717, 1.165) is 0 Å². The average Bonchev–Trinajstić information content (AvgIpc) is 3.30. The van der Waals surface area contributed by atoms with Crippen LogP contribution in [0.25, 0.3) is 54.9 Å². The van der Waals surface area contributed by atoms with Crippen LogP contribution in [-0.4, -0.2) is 0 Å². The zero-order valence-corrected chi connectivity index (χ0v) is 23.4. The molecule has 0 heterocycles. The van der Waals surface area contributed by atoms with Gasteiger partial charge < -0.3 is 0 Å². The fourth-order valence-corrected chi connectivity index (χ4v) is 5.31.